The number of hydrogen-bond acceptors (Lipinski definition) is 10. The van der Waals surface area contributed by atoms with Crippen molar-refractivity contribution in [2.24, 2.45) is 5.41 Å². The van der Waals surface area contributed by atoms with Crippen LogP contribution in [0.5, 0.6) is 5.75 Å². The van der Waals surface area contributed by atoms with Crippen molar-refractivity contribution in [1.29, 1.82) is 0 Å². The van der Waals surface area contributed by atoms with E-state index in [1.54, 1.807) is 32.9 Å². The van der Waals surface area contributed by atoms with E-state index in [0.717, 1.165) is 31.2 Å². The van der Waals surface area contributed by atoms with E-state index in [2.05, 4.69) is 5.32 Å². The monoisotopic (exact) mass is 742 g/mol. The molecule has 2 atom stereocenters. The van der Waals surface area contributed by atoms with E-state index in [9.17, 15) is 22.9 Å². The number of sulfonamides is 1. The van der Waals surface area contributed by atoms with Crippen LogP contribution in [0.2, 0.25) is 0 Å². The summed E-state index contributed by atoms with van der Waals surface area (Å²) >= 11 is 0. The van der Waals surface area contributed by atoms with Crippen molar-refractivity contribution in [2.45, 2.75) is 103 Å². The summed E-state index contributed by atoms with van der Waals surface area (Å²) in [7, 11) is -6.24. The number of carbonyl (C=O) groups is 1. The van der Waals surface area contributed by atoms with Crippen molar-refractivity contribution >= 4 is 23.7 Å². The Hall–Kier alpha value is -2.51. The maximum absolute atomic E-state index is 14.2. The number of benzene rings is 2. The highest BCUT2D eigenvalue weighted by molar-refractivity contribution is 7.89. The molecule has 0 heterocycles. The Morgan fingerprint density at radius 3 is 2.04 bits per heavy atom. The number of amides is 1. The highest BCUT2D eigenvalue weighted by Gasteiger charge is 2.36. The average molecular weight is 743 g/mol. The molecule has 2 aromatic carbocycles. The first kappa shape index (κ1) is 43.7. The fourth-order valence-electron chi connectivity index (χ4n) is 4.86. The molecule has 14 heteroatoms. The maximum atomic E-state index is 14.2. The fourth-order valence-corrected chi connectivity index (χ4v) is 7.85. The number of rotatable bonds is 23. The molecule has 0 spiro atoms. The normalized spacial score (nSPS) is 14.0. The largest absolute Gasteiger partial charge is 0.497 e. The Kier molecular flexibility index (Phi) is 17.9. The van der Waals surface area contributed by atoms with Crippen LogP contribution in [0.3, 0.4) is 0 Å². The zero-order chi connectivity index (χ0) is 37.4. The van der Waals surface area contributed by atoms with E-state index in [1.165, 1.54) is 23.5 Å². The van der Waals surface area contributed by atoms with Gasteiger partial charge in [-0.15, -0.1) is 0 Å². The van der Waals surface area contributed by atoms with Gasteiger partial charge >= 0.3 is 13.7 Å². The van der Waals surface area contributed by atoms with Crippen LogP contribution < -0.4 is 10.1 Å². The van der Waals surface area contributed by atoms with Crippen LogP contribution in [0.25, 0.3) is 0 Å². The first-order chi connectivity index (χ1) is 23.4. The van der Waals surface area contributed by atoms with Gasteiger partial charge < -0.3 is 33.7 Å². The molecule has 0 saturated heterocycles. The summed E-state index contributed by atoms with van der Waals surface area (Å²) in [4.78, 5) is 12.9. The van der Waals surface area contributed by atoms with Crippen molar-refractivity contribution in [2.75, 3.05) is 46.4 Å². The van der Waals surface area contributed by atoms with E-state index >= 15 is 0 Å². The highest BCUT2D eigenvalue weighted by atomic mass is 32.2. The summed E-state index contributed by atoms with van der Waals surface area (Å²) in [5.74, 6) is 0.487. The lowest BCUT2D eigenvalue weighted by Gasteiger charge is -2.35. The Morgan fingerprint density at radius 1 is 0.940 bits per heavy atom. The van der Waals surface area contributed by atoms with Crippen LogP contribution in [-0.2, 0) is 39.5 Å². The van der Waals surface area contributed by atoms with E-state index in [1.807, 2.05) is 58.0 Å². The van der Waals surface area contributed by atoms with E-state index < -0.39 is 46.9 Å². The summed E-state index contributed by atoms with van der Waals surface area (Å²) in [5, 5.41) is 14.4. The van der Waals surface area contributed by atoms with E-state index in [4.69, 9.17) is 23.3 Å². The first-order valence-electron chi connectivity index (χ1n) is 17.2. The lowest BCUT2D eigenvalue weighted by Crippen LogP contribution is -2.52. The molecule has 0 aliphatic carbocycles. The van der Waals surface area contributed by atoms with E-state index in [-0.39, 0.29) is 50.6 Å². The molecule has 0 aliphatic heterocycles. The summed E-state index contributed by atoms with van der Waals surface area (Å²) in [6, 6.07) is 14.3. The van der Waals surface area contributed by atoms with E-state index in [0.29, 0.717) is 5.75 Å². The standard InChI is InChI=1S/C36H59N2O10PS/c1-9-11-22-46-49(41,47-23-12-10-2)28-45-27-36(6,7)26-38(50(42,43)31-20-18-30(44-8)19-21-31)25-33(39)32(24-29-16-14-13-15-17-29)37-34(40)48-35(3,4)5/h13-21,32-33,39H,9-12,22-28H2,1-8H3,(H,37,40)/t32-,33+/m0/s1. The number of methoxy groups -OCH3 is 1. The van der Waals surface area contributed by atoms with Gasteiger partial charge in [0, 0.05) is 18.5 Å². The average Bonchev–Trinajstić information content (AvgIpc) is 3.04. The summed E-state index contributed by atoms with van der Waals surface area (Å²) in [6.07, 6.45) is 1.04. The number of nitrogens with one attached hydrogen (secondary N) is 1. The van der Waals surface area contributed by atoms with Crippen molar-refractivity contribution in [1.82, 2.24) is 9.62 Å². The predicted molar refractivity (Wildman–Crippen MR) is 195 cm³/mol. The molecule has 2 N–H and O–H groups in total. The molecule has 0 radical (unpaired) electrons. The molecule has 0 unspecified atom stereocenters. The molecular formula is C36H59N2O10PS. The molecule has 2 rings (SSSR count). The minimum Gasteiger partial charge on any atom is -0.497 e. The third-order valence-corrected chi connectivity index (χ3v) is 10.9. The topological polar surface area (TPSA) is 150 Å². The Bertz CT molecular complexity index is 1420. The van der Waals surface area contributed by atoms with Gasteiger partial charge in [-0.05, 0) is 69.9 Å². The zero-order valence-electron chi connectivity index (χ0n) is 31.1. The predicted octanol–water partition coefficient (Wildman–Crippen LogP) is 7.01. The van der Waals surface area contributed by atoms with Crippen LogP contribution in [0.1, 0.15) is 79.7 Å². The Balaban J connectivity index is 2.37. The smallest absolute Gasteiger partial charge is 0.407 e. The Labute approximate surface area is 299 Å². The molecular weight excluding hydrogens is 683 g/mol. The van der Waals surface area contributed by atoms with Gasteiger partial charge in [-0.2, -0.15) is 4.31 Å². The quantitative estimate of drug-likeness (QED) is 0.0900. The molecule has 0 fully saturated rings. The second-order valence-corrected chi connectivity index (χ2v) is 18.0. The first-order valence-corrected chi connectivity index (χ1v) is 20.4. The summed E-state index contributed by atoms with van der Waals surface area (Å²) in [5.41, 5.74) is -0.783. The van der Waals surface area contributed by atoms with Gasteiger partial charge in [-0.3, -0.25) is 4.57 Å². The molecule has 1 amide bonds. The molecule has 0 aliphatic rings. The third-order valence-electron chi connectivity index (χ3n) is 7.47. The van der Waals surface area contributed by atoms with Crippen LogP contribution >= 0.6 is 7.60 Å². The molecule has 2 aromatic rings. The second-order valence-electron chi connectivity index (χ2n) is 14.1. The van der Waals surface area contributed by atoms with Gasteiger partial charge in [-0.1, -0.05) is 70.9 Å². The fraction of sp³-hybridized carbons (Fsp3) is 0.639. The van der Waals surface area contributed by atoms with Crippen LogP contribution in [0.4, 0.5) is 4.79 Å². The van der Waals surface area contributed by atoms with Crippen molar-refractivity contribution in [3.05, 3.63) is 60.2 Å². The van der Waals surface area contributed by atoms with Crippen LogP contribution in [0, 0.1) is 5.41 Å². The van der Waals surface area contributed by atoms with Gasteiger partial charge in [0.1, 0.15) is 17.7 Å². The zero-order valence-corrected chi connectivity index (χ0v) is 32.8. The number of alkyl carbamates (subject to hydrolysis) is 1. The summed E-state index contributed by atoms with van der Waals surface area (Å²) < 4.78 is 70.9. The molecule has 0 bridgehead atoms. The van der Waals surface area contributed by atoms with Crippen LogP contribution in [-0.4, -0.2) is 88.0 Å². The van der Waals surface area contributed by atoms with Gasteiger partial charge in [0.15, 0.2) is 0 Å². The number of aliphatic hydroxyl groups is 1. The SMILES string of the molecule is CCCCOP(=O)(COCC(C)(C)CN(C[C@@H](O)[C@H](Cc1ccccc1)NC(=O)OC(C)(C)C)S(=O)(=O)c1ccc(OC)cc1)OCCCC. The minimum absolute atomic E-state index is 0.0000728. The number of ether oxygens (including phenoxy) is 3. The molecule has 0 aromatic heterocycles. The van der Waals surface area contributed by atoms with Gasteiger partial charge in [0.25, 0.3) is 0 Å². The maximum Gasteiger partial charge on any atom is 0.407 e. The number of unbranched alkanes of at least 4 members (excludes halogenated alkanes) is 2. The Morgan fingerprint density at radius 2 is 1.52 bits per heavy atom. The van der Waals surface area contributed by atoms with Gasteiger partial charge in [-0.25, -0.2) is 13.2 Å². The van der Waals surface area contributed by atoms with Gasteiger partial charge in [0.2, 0.25) is 10.0 Å². The summed E-state index contributed by atoms with van der Waals surface area (Å²) in [6.45, 7) is 13.0. The molecule has 284 valence electrons. The molecule has 50 heavy (non-hydrogen) atoms. The minimum atomic E-state index is -4.19. The molecule has 12 nitrogen and oxygen atoms in total. The van der Waals surface area contributed by atoms with Gasteiger partial charge in [0.05, 0.1) is 44.0 Å². The number of carbonyl (C=O) groups excluding carboxylic acids is 1. The van der Waals surface area contributed by atoms with Crippen molar-refractivity contribution in [3.63, 3.8) is 0 Å². The van der Waals surface area contributed by atoms with Crippen molar-refractivity contribution in [3.8, 4) is 5.75 Å². The van der Waals surface area contributed by atoms with Crippen LogP contribution in [0.15, 0.2) is 59.5 Å². The lowest BCUT2D eigenvalue weighted by molar-refractivity contribution is 0.0346. The number of hydrogen-bond donors (Lipinski definition) is 2. The number of aliphatic hydroxyl groups excluding tert-OH is 1. The lowest BCUT2D eigenvalue weighted by atomic mass is 9.94. The highest BCUT2D eigenvalue weighted by Crippen LogP contribution is 2.48. The third kappa shape index (κ3) is 15.8. The van der Waals surface area contributed by atoms with Crippen molar-refractivity contribution < 1.29 is 46.1 Å². The second kappa shape index (κ2) is 20.5. The molecule has 0 saturated carbocycles. The number of nitrogens with zero attached hydrogens (tertiary/aromatic N) is 1.